The number of unbranched alkanes of at least 4 members (excludes halogenated alkanes) is 2. The summed E-state index contributed by atoms with van der Waals surface area (Å²) in [7, 11) is 0. The van der Waals surface area contributed by atoms with Crippen molar-refractivity contribution in [3.63, 3.8) is 0 Å². The van der Waals surface area contributed by atoms with Gasteiger partial charge in [-0.1, -0.05) is 59.5 Å². The number of allylic oxidation sites excluding steroid dienone is 2. The summed E-state index contributed by atoms with van der Waals surface area (Å²) >= 11 is 12.6. The number of nitrogens with zero attached hydrogens (tertiary/aromatic N) is 3. The van der Waals surface area contributed by atoms with Crippen LogP contribution in [0, 0.1) is 23.7 Å². The number of phenolic OH excluding ortho intramolecular Hbond substituents is 1. The van der Waals surface area contributed by atoms with Gasteiger partial charge in [0.25, 0.3) is 11.8 Å². The van der Waals surface area contributed by atoms with Gasteiger partial charge in [-0.15, -0.1) is 0 Å². The van der Waals surface area contributed by atoms with Crippen LogP contribution in [-0.2, 0) is 35.6 Å². The summed E-state index contributed by atoms with van der Waals surface area (Å²) in [6, 6.07) is 11.6. The molecule has 3 N–H and O–H groups in total. The van der Waals surface area contributed by atoms with E-state index in [0.29, 0.717) is 58.3 Å². The third kappa shape index (κ3) is 6.88. The summed E-state index contributed by atoms with van der Waals surface area (Å²) in [5.74, 6) is -8.33. The highest BCUT2D eigenvalue weighted by Gasteiger charge is 2.70. The van der Waals surface area contributed by atoms with Crippen LogP contribution in [0.3, 0.4) is 0 Å². The maximum atomic E-state index is 15.3. The Morgan fingerprint density at radius 2 is 1.74 bits per heavy atom. The Hall–Kier alpha value is -5.15. The van der Waals surface area contributed by atoms with Gasteiger partial charge in [0.2, 0.25) is 11.8 Å². The van der Waals surface area contributed by atoms with Gasteiger partial charge in [-0.3, -0.25) is 34.3 Å². The van der Waals surface area contributed by atoms with Crippen molar-refractivity contribution in [3.05, 3.63) is 93.1 Å². The Bertz CT molecular complexity index is 2180. The minimum atomic E-state index is -4.77. The molecule has 300 valence electrons. The number of hydrazine groups is 1. The number of halogens is 5. The zero-order chi connectivity index (χ0) is 41.0. The van der Waals surface area contributed by atoms with Crippen molar-refractivity contribution in [1.82, 2.24) is 14.9 Å². The largest absolute Gasteiger partial charge is 0.504 e. The van der Waals surface area contributed by atoms with Crippen molar-refractivity contribution < 1.29 is 52.1 Å². The monoisotopic (exact) mass is 828 g/mol. The van der Waals surface area contributed by atoms with Crippen molar-refractivity contribution in [2.24, 2.45) is 23.7 Å². The maximum Gasteiger partial charge on any atom is 0.417 e. The SMILES string of the molecule is CCOc1cc(C2C3=CCC4C(=O)N(CCCCCC(=O)O)C(=O)C4C3CC3C(=O)N(Nc4ncc(C(F)(F)F)cc4Cl)C(=O)C32c2ccc(Cl)cc2)ccc1O. The van der Waals surface area contributed by atoms with Crippen LogP contribution in [0.5, 0.6) is 11.5 Å². The number of ether oxygens (including phenoxy) is 1. The summed E-state index contributed by atoms with van der Waals surface area (Å²) in [6.45, 7) is 2.00. The molecule has 12 nitrogen and oxygen atoms in total. The molecule has 3 aromatic rings. The number of fused-ring (bicyclic) bond motifs is 4. The Balaban J connectivity index is 1.36. The number of hydrogen-bond donors (Lipinski definition) is 3. The lowest BCUT2D eigenvalue weighted by Gasteiger charge is -2.50. The fourth-order valence-electron chi connectivity index (χ4n) is 9.15. The molecule has 0 spiro atoms. The lowest BCUT2D eigenvalue weighted by atomic mass is 9.49. The second kappa shape index (κ2) is 15.3. The number of aromatic nitrogens is 1. The number of alkyl halides is 3. The van der Waals surface area contributed by atoms with Crippen molar-refractivity contribution in [2.45, 2.75) is 63.0 Å². The molecule has 3 heterocycles. The van der Waals surface area contributed by atoms with Gasteiger partial charge in [0, 0.05) is 30.1 Å². The Kier molecular flexibility index (Phi) is 10.8. The van der Waals surface area contributed by atoms with Gasteiger partial charge >= 0.3 is 12.1 Å². The van der Waals surface area contributed by atoms with Crippen molar-refractivity contribution >= 4 is 58.6 Å². The highest BCUT2D eigenvalue weighted by Crippen LogP contribution is 2.64. The standard InChI is InChI=1S/C40H37Cl2F3N4O8/c1-2-57-30-16-20(7-14-29(30)50)33-24-12-13-25-32(37(55)48(35(25)53)15-5-3-4-6-31(51)52)26(24)18-27-36(54)49(38(56)39(27,33)21-8-10-23(41)11-9-21)47-34-28(42)17-22(19-46-34)40(43,44)45/h7-12,14,16-17,19,25-27,32-33,50H,2-6,13,15,18H2,1H3,(H,46,47)(H,51,52). The van der Waals surface area contributed by atoms with E-state index in [-0.39, 0.29) is 55.6 Å². The molecular weight excluding hydrogens is 792 g/mol. The number of imide groups is 2. The molecule has 2 aliphatic heterocycles. The number of carboxylic acids is 1. The molecule has 0 bridgehead atoms. The molecule has 2 aliphatic carbocycles. The molecule has 1 saturated carbocycles. The molecule has 2 saturated heterocycles. The molecule has 4 aliphatic rings. The molecule has 17 heteroatoms. The summed E-state index contributed by atoms with van der Waals surface area (Å²) in [4.78, 5) is 74.3. The fraction of sp³-hybridized carbons (Fsp3) is 0.400. The molecule has 0 radical (unpaired) electrons. The van der Waals surface area contributed by atoms with Crippen LogP contribution in [0.2, 0.25) is 10.0 Å². The third-order valence-corrected chi connectivity index (χ3v) is 12.1. The minimum Gasteiger partial charge on any atom is -0.504 e. The van der Waals surface area contributed by atoms with Crippen molar-refractivity contribution in [3.8, 4) is 11.5 Å². The number of pyridine rings is 1. The Morgan fingerprint density at radius 1 is 1.00 bits per heavy atom. The number of anilines is 1. The first-order chi connectivity index (χ1) is 27.1. The number of carbonyl (C=O) groups is 5. The van der Waals surface area contributed by atoms with E-state index >= 15 is 4.79 Å². The highest BCUT2D eigenvalue weighted by atomic mass is 35.5. The van der Waals surface area contributed by atoms with E-state index < -0.39 is 75.5 Å². The molecule has 6 unspecified atom stereocenters. The van der Waals surface area contributed by atoms with Gasteiger partial charge in [-0.2, -0.15) is 18.2 Å². The van der Waals surface area contributed by atoms with Gasteiger partial charge in [0.05, 0.1) is 40.4 Å². The van der Waals surface area contributed by atoms with Gasteiger partial charge in [0.1, 0.15) is 0 Å². The van der Waals surface area contributed by atoms with Crippen LogP contribution < -0.4 is 10.2 Å². The summed E-state index contributed by atoms with van der Waals surface area (Å²) in [5.41, 5.74) is 1.14. The van der Waals surface area contributed by atoms with E-state index in [0.717, 1.165) is 0 Å². The number of amides is 4. The average Bonchev–Trinajstić information content (AvgIpc) is 3.53. The number of nitrogens with one attached hydrogen (secondary N) is 1. The van der Waals surface area contributed by atoms with Crippen LogP contribution in [0.1, 0.15) is 68.1 Å². The van der Waals surface area contributed by atoms with Crippen LogP contribution >= 0.6 is 23.2 Å². The molecule has 1 aromatic heterocycles. The maximum absolute atomic E-state index is 15.3. The van der Waals surface area contributed by atoms with E-state index in [1.807, 2.05) is 6.08 Å². The van der Waals surface area contributed by atoms with E-state index in [4.69, 9.17) is 33.0 Å². The first-order valence-corrected chi connectivity index (χ1v) is 19.2. The first kappa shape index (κ1) is 40.1. The summed E-state index contributed by atoms with van der Waals surface area (Å²) in [6.07, 6.45) is -1.07. The number of likely N-dealkylation sites (tertiary alicyclic amines) is 1. The lowest BCUT2D eigenvalue weighted by molar-refractivity contribution is -0.141. The predicted octanol–water partition coefficient (Wildman–Crippen LogP) is 7.14. The van der Waals surface area contributed by atoms with Crippen LogP contribution in [-0.4, -0.2) is 67.9 Å². The summed E-state index contributed by atoms with van der Waals surface area (Å²) in [5, 5.41) is 20.3. The molecular formula is C40H37Cl2F3N4O8. The third-order valence-electron chi connectivity index (χ3n) is 11.5. The number of rotatable bonds is 12. The molecule has 2 aromatic carbocycles. The second-order valence-corrected chi connectivity index (χ2v) is 15.5. The number of carboxylic acid groups (broad SMARTS) is 1. The average molecular weight is 830 g/mol. The second-order valence-electron chi connectivity index (χ2n) is 14.6. The zero-order valence-corrected chi connectivity index (χ0v) is 31.9. The normalized spacial score (nSPS) is 25.6. The Labute approximate surface area is 334 Å². The topological polar surface area (TPSA) is 166 Å². The van der Waals surface area contributed by atoms with Crippen molar-refractivity contribution in [1.29, 1.82) is 0 Å². The van der Waals surface area contributed by atoms with Gasteiger partial charge in [-0.05, 0) is 80.0 Å². The molecule has 7 rings (SSSR count). The fourth-order valence-corrected chi connectivity index (χ4v) is 9.48. The summed E-state index contributed by atoms with van der Waals surface area (Å²) < 4.78 is 46.2. The minimum absolute atomic E-state index is 0.0390. The number of benzene rings is 2. The molecule has 4 amide bonds. The number of aliphatic carboxylic acids is 1. The molecule has 3 fully saturated rings. The van der Waals surface area contributed by atoms with Gasteiger partial charge in [-0.25, -0.2) is 4.98 Å². The highest BCUT2D eigenvalue weighted by molar-refractivity contribution is 6.33. The molecule has 6 atom stereocenters. The number of phenols is 1. The molecule has 57 heavy (non-hydrogen) atoms. The van der Waals surface area contributed by atoms with E-state index in [2.05, 4.69) is 10.4 Å². The van der Waals surface area contributed by atoms with E-state index in [1.165, 1.54) is 11.0 Å². The number of hydrogen-bond acceptors (Lipinski definition) is 9. The van der Waals surface area contributed by atoms with Crippen molar-refractivity contribution in [2.75, 3.05) is 18.6 Å². The zero-order valence-electron chi connectivity index (χ0n) is 30.4. The van der Waals surface area contributed by atoms with Crippen LogP contribution in [0.15, 0.2) is 66.4 Å². The predicted molar refractivity (Wildman–Crippen MR) is 199 cm³/mol. The van der Waals surface area contributed by atoms with Gasteiger partial charge < -0.3 is 14.9 Å². The van der Waals surface area contributed by atoms with Gasteiger partial charge in [0.15, 0.2) is 17.3 Å². The smallest absolute Gasteiger partial charge is 0.417 e. The number of carbonyl (C=O) groups excluding carboxylic acids is 4. The lowest BCUT2D eigenvalue weighted by Crippen LogP contribution is -2.53. The first-order valence-electron chi connectivity index (χ1n) is 18.5. The van der Waals surface area contributed by atoms with Crippen LogP contribution in [0.4, 0.5) is 19.0 Å². The Morgan fingerprint density at radius 3 is 2.40 bits per heavy atom. The number of aromatic hydroxyl groups is 1. The van der Waals surface area contributed by atoms with Crippen LogP contribution in [0.25, 0.3) is 0 Å². The van der Waals surface area contributed by atoms with E-state index in [1.54, 1.807) is 43.3 Å². The quantitative estimate of drug-likeness (QED) is 0.0971. The van der Waals surface area contributed by atoms with E-state index in [9.17, 15) is 37.5 Å².